The number of aromatic nitrogens is 3. The van der Waals surface area contributed by atoms with Gasteiger partial charge in [-0.25, -0.2) is 9.78 Å². The molecule has 2 aromatic heterocycles. The summed E-state index contributed by atoms with van der Waals surface area (Å²) in [5.41, 5.74) is 9.77. The van der Waals surface area contributed by atoms with Gasteiger partial charge < -0.3 is 30.7 Å². The number of hydrogen-bond acceptors (Lipinski definition) is 8. The number of primary amides is 1. The van der Waals surface area contributed by atoms with Crippen molar-refractivity contribution in [1.29, 1.82) is 0 Å². The summed E-state index contributed by atoms with van der Waals surface area (Å²) in [6.07, 6.45) is 0.0875. The Kier molecular flexibility index (Phi) is 7.45. The number of amides is 2. The number of aryl methyl sites for hydroxylation is 1. The molecule has 3 heterocycles. The molecule has 1 aliphatic rings. The van der Waals surface area contributed by atoms with Gasteiger partial charge in [-0.05, 0) is 56.9 Å². The summed E-state index contributed by atoms with van der Waals surface area (Å²) in [6, 6.07) is 14.2. The van der Waals surface area contributed by atoms with E-state index in [0.29, 0.717) is 47.7 Å². The molecule has 0 spiro atoms. The smallest absolute Gasteiger partial charge is 0.444 e. The molecule has 1 aliphatic heterocycles. The standard InChI is InChI=1S/C29H33BN6O5/c1-17-13-21-20(25(31)37)9-6-10-24(21)36(17)27-33-23-11-12-35(28(38)41-29(2,3)4)16-22(23)26(34-27)32-15-18-7-5-8-19(14-18)30(39)40/h5-10,13-14,39-40H,11-12,15-16H2,1-4H3,(H2,31,37)(H,32,33,34). The zero-order valence-electron chi connectivity index (χ0n) is 23.5. The predicted molar refractivity (Wildman–Crippen MR) is 156 cm³/mol. The molecule has 41 heavy (non-hydrogen) atoms. The van der Waals surface area contributed by atoms with E-state index in [1.165, 1.54) is 0 Å². The molecule has 0 aliphatic carbocycles. The van der Waals surface area contributed by atoms with Gasteiger partial charge in [0.05, 0.1) is 17.8 Å². The number of anilines is 1. The zero-order chi connectivity index (χ0) is 29.5. The Bertz CT molecular complexity index is 1640. The fourth-order valence-electron chi connectivity index (χ4n) is 5.02. The minimum Gasteiger partial charge on any atom is -0.444 e. The minimum atomic E-state index is -1.58. The Hall–Kier alpha value is -4.42. The molecule has 0 unspecified atom stereocenters. The van der Waals surface area contributed by atoms with E-state index in [4.69, 9.17) is 20.4 Å². The average Bonchev–Trinajstić information content (AvgIpc) is 3.26. The van der Waals surface area contributed by atoms with E-state index in [1.807, 2.05) is 50.5 Å². The van der Waals surface area contributed by atoms with Crippen LogP contribution in [-0.4, -0.2) is 60.7 Å². The van der Waals surface area contributed by atoms with Gasteiger partial charge in [0.2, 0.25) is 11.9 Å². The van der Waals surface area contributed by atoms with Crippen molar-refractivity contribution in [3.63, 3.8) is 0 Å². The number of benzene rings is 2. The van der Waals surface area contributed by atoms with Crippen LogP contribution in [0.15, 0.2) is 48.5 Å². The van der Waals surface area contributed by atoms with Crippen molar-refractivity contribution in [2.45, 2.75) is 52.8 Å². The van der Waals surface area contributed by atoms with E-state index in [9.17, 15) is 19.6 Å². The van der Waals surface area contributed by atoms with Crippen LogP contribution in [0.3, 0.4) is 0 Å². The number of nitrogens with two attached hydrogens (primary N) is 1. The quantitative estimate of drug-likeness (QED) is 0.264. The average molecular weight is 556 g/mol. The molecule has 212 valence electrons. The van der Waals surface area contributed by atoms with Gasteiger partial charge in [-0.2, -0.15) is 4.98 Å². The lowest BCUT2D eigenvalue weighted by molar-refractivity contribution is 0.0223. The molecule has 11 nitrogen and oxygen atoms in total. The maximum Gasteiger partial charge on any atom is 0.488 e. The highest BCUT2D eigenvalue weighted by molar-refractivity contribution is 6.58. The van der Waals surface area contributed by atoms with Gasteiger partial charge in [0.1, 0.15) is 11.4 Å². The van der Waals surface area contributed by atoms with Crippen molar-refractivity contribution >= 4 is 41.3 Å². The third-order valence-electron chi connectivity index (χ3n) is 6.90. The Morgan fingerprint density at radius 1 is 1.12 bits per heavy atom. The highest BCUT2D eigenvalue weighted by Crippen LogP contribution is 2.30. The van der Waals surface area contributed by atoms with E-state index in [2.05, 4.69) is 5.32 Å². The first kappa shape index (κ1) is 28.1. The number of ether oxygens (including phenoxy) is 1. The molecule has 0 saturated heterocycles. The normalized spacial score (nSPS) is 13.2. The summed E-state index contributed by atoms with van der Waals surface area (Å²) in [5.74, 6) is 0.449. The number of nitrogens with one attached hydrogen (secondary N) is 1. The molecule has 4 aromatic rings. The largest absolute Gasteiger partial charge is 0.488 e. The van der Waals surface area contributed by atoms with Gasteiger partial charge >= 0.3 is 13.2 Å². The van der Waals surface area contributed by atoms with Crippen molar-refractivity contribution in [3.05, 3.63) is 76.6 Å². The maximum absolute atomic E-state index is 12.9. The van der Waals surface area contributed by atoms with Crippen LogP contribution in [0, 0.1) is 6.92 Å². The zero-order valence-corrected chi connectivity index (χ0v) is 23.5. The van der Waals surface area contributed by atoms with Crippen LogP contribution in [0.1, 0.15) is 53.6 Å². The summed E-state index contributed by atoms with van der Waals surface area (Å²) in [7, 11) is -1.58. The van der Waals surface area contributed by atoms with Gasteiger partial charge in [0.15, 0.2) is 0 Å². The SMILES string of the molecule is Cc1cc2c(C(N)=O)cccc2n1-c1nc2c(c(NCc3cccc(B(O)O)c3)n1)CN(C(=O)OC(C)(C)C)CC2. The molecule has 0 fully saturated rings. The molecule has 5 N–H and O–H groups in total. The molecular formula is C29H33BN6O5. The molecule has 12 heteroatoms. The number of carbonyl (C=O) groups is 2. The van der Waals surface area contributed by atoms with Crippen LogP contribution >= 0.6 is 0 Å². The molecule has 0 bridgehead atoms. The summed E-state index contributed by atoms with van der Waals surface area (Å²) in [4.78, 5) is 36.4. The molecular weight excluding hydrogens is 523 g/mol. The number of fused-ring (bicyclic) bond motifs is 2. The van der Waals surface area contributed by atoms with E-state index in [0.717, 1.165) is 28.0 Å². The number of nitrogens with zero attached hydrogens (tertiary/aromatic N) is 4. The molecule has 0 radical (unpaired) electrons. The van der Waals surface area contributed by atoms with E-state index < -0.39 is 24.7 Å². The first-order chi connectivity index (χ1) is 19.4. The lowest BCUT2D eigenvalue weighted by Crippen LogP contribution is -2.40. The summed E-state index contributed by atoms with van der Waals surface area (Å²) < 4.78 is 7.50. The van der Waals surface area contributed by atoms with Gasteiger partial charge in [0, 0.05) is 41.7 Å². The summed E-state index contributed by atoms with van der Waals surface area (Å²) in [6.45, 7) is 8.44. The third kappa shape index (κ3) is 5.89. The highest BCUT2D eigenvalue weighted by Gasteiger charge is 2.29. The first-order valence-corrected chi connectivity index (χ1v) is 13.4. The van der Waals surface area contributed by atoms with Crippen LogP contribution in [0.5, 0.6) is 0 Å². The van der Waals surface area contributed by atoms with Crippen molar-refractivity contribution < 1.29 is 24.4 Å². The highest BCUT2D eigenvalue weighted by atomic mass is 16.6. The van der Waals surface area contributed by atoms with Crippen LogP contribution in [0.2, 0.25) is 0 Å². The Labute approximate surface area is 238 Å². The van der Waals surface area contributed by atoms with E-state index in [1.54, 1.807) is 35.2 Å². The van der Waals surface area contributed by atoms with Crippen LogP contribution in [-0.2, 0) is 24.2 Å². The topological polar surface area (TPSA) is 156 Å². The van der Waals surface area contributed by atoms with Gasteiger partial charge in [-0.3, -0.25) is 9.36 Å². The molecule has 0 saturated carbocycles. The van der Waals surface area contributed by atoms with Crippen molar-refractivity contribution in [2.75, 3.05) is 11.9 Å². The lowest BCUT2D eigenvalue weighted by Gasteiger charge is -2.31. The maximum atomic E-state index is 12.9. The lowest BCUT2D eigenvalue weighted by atomic mass is 9.79. The molecule has 2 amide bonds. The van der Waals surface area contributed by atoms with Crippen molar-refractivity contribution in [3.8, 4) is 5.95 Å². The van der Waals surface area contributed by atoms with Crippen LogP contribution < -0.4 is 16.5 Å². The van der Waals surface area contributed by atoms with Crippen molar-refractivity contribution in [2.24, 2.45) is 5.73 Å². The first-order valence-electron chi connectivity index (χ1n) is 13.4. The molecule has 5 rings (SSSR count). The fourth-order valence-corrected chi connectivity index (χ4v) is 5.02. The van der Waals surface area contributed by atoms with Gasteiger partial charge in [-0.1, -0.05) is 30.3 Å². The molecule has 2 aromatic carbocycles. The fraction of sp³-hybridized carbons (Fsp3) is 0.310. The number of carbonyl (C=O) groups excluding carboxylic acids is 2. The minimum absolute atomic E-state index is 0.263. The third-order valence-corrected chi connectivity index (χ3v) is 6.90. The van der Waals surface area contributed by atoms with Crippen molar-refractivity contribution in [1.82, 2.24) is 19.4 Å². The van der Waals surface area contributed by atoms with Crippen LogP contribution in [0.4, 0.5) is 10.6 Å². The van der Waals surface area contributed by atoms with Crippen LogP contribution in [0.25, 0.3) is 16.9 Å². The predicted octanol–water partition coefficient (Wildman–Crippen LogP) is 2.41. The second kappa shape index (κ2) is 10.9. The van der Waals surface area contributed by atoms with Gasteiger partial charge in [0.25, 0.3) is 0 Å². The summed E-state index contributed by atoms with van der Waals surface area (Å²) in [5, 5.41) is 23.3. The Morgan fingerprint density at radius 2 is 1.88 bits per heavy atom. The van der Waals surface area contributed by atoms with E-state index in [-0.39, 0.29) is 6.54 Å². The van der Waals surface area contributed by atoms with E-state index >= 15 is 0 Å². The monoisotopic (exact) mass is 556 g/mol. The Balaban J connectivity index is 1.57. The number of rotatable bonds is 6. The second-order valence-electron chi connectivity index (χ2n) is 11.1. The second-order valence-corrected chi connectivity index (χ2v) is 11.1. The number of hydrogen-bond donors (Lipinski definition) is 4. The Morgan fingerprint density at radius 3 is 2.59 bits per heavy atom. The van der Waals surface area contributed by atoms with Gasteiger partial charge in [-0.15, -0.1) is 0 Å². The summed E-state index contributed by atoms with van der Waals surface area (Å²) >= 11 is 0. The molecule has 0 atom stereocenters.